The molecule has 0 bridgehead atoms. The molecule has 1 unspecified atom stereocenters. The Morgan fingerprint density at radius 3 is 2.89 bits per heavy atom. The fourth-order valence-corrected chi connectivity index (χ4v) is 3.64. The highest BCUT2D eigenvalue weighted by Crippen LogP contribution is 2.40. The van der Waals surface area contributed by atoms with Gasteiger partial charge in [0.25, 0.3) is 0 Å². The maximum atomic E-state index is 6.29. The van der Waals surface area contributed by atoms with Gasteiger partial charge in [0, 0.05) is 21.9 Å². The first-order valence-corrected chi connectivity index (χ1v) is 7.24. The minimum atomic E-state index is -0.289. The van der Waals surface area contributed by atoms with Crippen molar-refractivity contribution in [2.75, 3.05) is 6.61 Å². The van der Waals surface area contributed by atoms with Crippen molar-refractivity contribution in [1.82, 2.24) is 0 Å². The monoisotopic (exact) mass is 299 g/mol. The van der Waals surface area contributed by atoms with E-state index in [1.165, 1.54) is 0 Å². The third-order valence-electron chi connectivity index (χ3n) is 3.04. The van der Waals surface area contributed by atoms with Crippen molar-refractivity contribution in [3.05, 3.63) is 49.6 Å². The molecule has 2 nitrogen and oxygen atoms in total. The van der Waals surface area contributed by atoms with Gasteiger partial charge >= 0.3 is 0 Å². The highest BCUT2D eigenvalue weighted by atomic mass is 35.5. The Morgan fingerprint density at radius 1 is 1.33 bits per heavy atom. The second-order valence-electron chi connectivity index (χ2n) is 4.19. The summed E-state index contributed by atoms with van der Waals surface area (Å²) in [6.45, 7) is 0.688. The third-order valence-corrected chi connectivity index (χ3v) is 4.70. The lowest BCUT2D eigenvalue weighted by Gasteiger charge is -2.15. The Bertz CT molecular complexity index is 597. The number of hydrogen-bond acceptors (Lipinski definition) is 3. The normalized spacial score (nSPS) is 15.3. The van der Waals surface area contributed by atoms with Crippen LogP contribution in [0.25, 0.3) is 0 Å². The quantitative estimate of drug-likeness (QED) is 0.908. The van der Waals surface area contributed by atoms with Crippen molar-refractivity contribution in [1.29, 1.82) is 0 Å². The molecule has 94 valence electrons. The molecule has 0 saturated heterocycles. The van der Waals surface area contributed by atoms with Crippen LogP contribution in [0, 0.1) is 0 Å². The third kappa shape index (κ3) is 2.01. The molecule has 0 aliphatic carbocycles. The largest absolute Gasteiger partial charge is 0.493 e. The lowest BCUT2D eigenvalue weighted by Crippen LogP contribution is -2.12. The van der Waals surface area contributed by atoms with E-state index in [2.05, 4.69) is 0 Å². The first-order valence-electron chi connectivity index (χ1n) is 5.60. The van der Waals surface area contributed by atoms with E-state index in [9.17, 15) is 0 Å². The number of hydrogen-bond donors (Lipinski definition) is 1. The van der Waals surface area contributed by atoms with Crippen molar-refractivity contribution < 1.29 is 4.74 Å². The summed E-state index contributed by atoms with van der Waals surface area (Å²) in [6, 6.07) is 5.37. The van der Waals surface area contributed by atoms with Crippen LogP contribution < -0.4 is 10.5 Å². The van der Waals surface area contributed by atoms with Gasteiger partial charge in [0.15, 0.2) is 0 Å². The highest BCUT2D eigenvalue weighted by molar-refractivity contribution is 7.10. The van der Waals surface area contributed by atoms with Crippen LogP contribution in [0.4, 0.5) is 0 Å². The molecule has 3 rings (SSSR count). The molecular formula is C13H11Cl2NOS. The van der Waals surface area contributed by atoms with Gasteiger partial charge in [0.05, 0.1) is 17.7 Å². The SMILES string of the molecule is NC(c1cc(Cl)cc2c1OCC2)c1sccc1Cl. The zero-order valence-corrected chi connectivity index (χ0v) is 11.8. The molecule has 2 heterocycles. The number of halogens is 2. The van der Waals surface area contributed by atoms with Crippen LogP contribution in [-0.2, 0) is 6.42 Å². The average Bonchev–Trinajstić information content (AvgIpc) is 2.95. The maximum Gasteiger partial charge on any atom is 0.127 e. The summed E-state index contributed by atoms with van der Waals surface area (Å²) in [4.78, 5) is 0.941. The van der Waals surface area contributed by atoms with Gasteiger partial charge in [-0.25, -0.2) is 0 Å². The predicted molar refractivity (Wildman–Crippen MR) is 76.0 cm³/mol. The molecule has 1 atom stereocenters. The molecule has 1 aliphatic rings. The zero-order valence-electron chi connectivity index (χ0n) is 9.45. The smallest absolute Gasteiger partial charge is 0.127 e. The predicted octanol–water partition coefficient (Wildman–Crippen LogP) is 4.04. The summed E-state index contributed by atoms with van der Waals surface area (Å²) in [5.74, 6) is 0.872. The van der Waals surface area contributed by atoms with E-state index in [1.54, 1.807) is 11.3 Å². The van der Waals surface area contributed by atoms with Crippen LogP contribution in [0.3, 0.4) is 0 Å². The molecule has 0 radical (unpaired) electrons. The molecular weight excluding hydrogens is 289 g/mol. The molecule has 1 aromatic heterocycles. The maximum absolute atomic E-state index is 6.29. The fraction of sp³-hybridized carbons (Fsp3) is 0.231. The van der Waals surface area contributed by atoms with E-state index in [-0.39, 0.29) is 6.04 Å². The van der Waals surface area contributed by atoms with Gasteiger partial charge < -0.3 is 10.5 Å². The number of ether oxygens (including phenoxy) is 1. The summed E-state index contributed by atoms with van der Waals surface area (Å²) in [5, 5.41) is 3.32. The molecule has 2 aromatic rings. The molecule has 0 fully saturated rings. The Morgan fingerprint density at radius 2 is 2.17 bits per heavy atom. The highest BCUT2D eigenvalue weighted by Gasteiger charge is 2.24. The number of benzene rings is 1. The van der Waals surface area contributed by atoms with Gasteiger partial charge in [-0.2, -0.15) is 0 Å². The van der Waals surface area contributed by atoms with Crippen LogP contribution in [0.1, 0.15) is 22.0 Å². The molecule has 0 amide bonds. The molecule has 5 heteroatoms. The summed E-state index contributed by atoms with van der Waals surface area (Å²) in [6.07, 6.45) is 0.883. The number of fused-ring (bicyclic) bond motifs is 1. The summed E-state index contributed by atoms with van der Waals surface area (Å²) >= 11 is 13.8. The minimum Gasteiger partial charge on any atom is -0.493 e. The van der Waals surface area contributed by atoms with E-state index in [1.807, 2.05) is 23.6 Å². The minimum absolute atomic E-state index is 0.289. The first kappa shape index (κ1) is 12.3. The van der Waals surface area contributed by atoms with Crippen LogP contribution in [0.5, 0.6) is 5.75 Å². The van der Waals surface area contributed by atoms with Gasteiger partial charge in [-0.05, 0) is 29.1 Å². The van der Waals surface area contributed by atoms with E-state index in [0.717, 1.165) is 28.2 Å². The standard InChI is InChI=1S/C13H11Cl2NOS/c14-8-5-7-1-3-17-12(7)9(6-8)11(16)13-10(15)2-4-18-13/h2,4-6,11H,1,3,16H2. The van der Waals surface area contributed by atoms with Crippen molar-refractivity contribution in [2.24, 2.45) is 5.73 Å². The molecule has 0 saturated carbocycles. The average molecular weight is 300 g/mol. The van der Waals surface area contributed by atoms with E-state index in [4.69, 9.17) is 33.7 Å². The lowest BCUT2D eigenvalue weighted by atomic mass is 10.0. The number of nitrogens with two attached hydrogens (primary N) is 1. The molecule has 18 heavy (non-hydrogen) atoms. The summed E-state index contributed by atoms with van der Waals surface area (Å²) in [5.41, 5.74) is 8.33. The van der Waals surface area contributed by atoms with Crippen LogP contribution in [0.15, 0.2) is 23.6 Å². The summed E-state index contributed by atoms with van der Waals surface area (Å²) < 4.78 is 5.67. The van der Waals surface area contributed by atoms with Gasteiger partial charge in [-0.1, -0.05) is 23.2 Å². The fourth-order valence-electron chi connectivity index (χ4n) is 2.20. The molecule has 1 aliphatic heterocycles. The van der Waals surface area contributed by atoms with Crippen LogP contribution in [0.2, 0.25) is 10.0 Å². The van der Waals surface area contributed by atoms with Crippen LogP contribution >= 0.6 is 34.5 Å². The first-order chi connectivity index (χ1) is 8.66. The van der Waals surface area contributed by atoms with Crippen LogP contribution in [-0.4, -0.2) is 6.61 Å². The summed E-state index contributed by atoms with van der Waals surface area (Å²) in [7, 11) is 0. The Kier molecular flexibility index (Phi) is 3.24. The van der Waals surface area contributed by atoms with Crippen molar-refractivity contribution in [3.63, 3.8) is 0 Å². The molecule has 1 aromatic carbocycles. The Balaban J connectivity index is 2.10. The Labute approximate surface area is 119 Å². The number of rotatable bonds is 2. The van der Waals surface area contributed by atoms with E-state index in [0.29, 0.717) is 16.7 Å². The molecule has 2 N–H and O–H groups in total. The van der Waals surface area contributed by atoms with Crippen molar-refractivity contribution >= 4 is 34.5 Å². The number of thiophene rings is 1. The molecule has 0 spiro atoms. The Hall–Kier alpha value is -0.740. The van der Waals surface area contributed by atoms with Crippen molar-refractivity contribution in [3.8, 4) is 5.75 Å². The lowest BCUT2D eigenvalue weighted by molar-refractivity contribution is 0.352. The van der Waals surface area contributed by atoms with E-state index >= 15 is 0 Å². The van der Waals surface area contributed by atoms with Gasteiger partial charge in [-0.15, -0.1) is 11.3 Å². The zero-order chi connectivity index (χ0) is 12.7. The van der Waals surface area contributed by atoms with E-state index < -0.39 is 0 Å². The van der Waals surface area contributed by atoms with Gasteiger partial charge in [-0.3, -0.25) is 0 Å². The van der Waals surface area contributed by atoms with Gasteiger partial charge in [0.2, 0.25) is 0 Å². The topological polar surface area (TPSA) is 35.2 Å². The second-order valence-corrected chi connectivity index (χ2v) is 5.98. The second kappa shape index (κ2) is 4.74. The van der Waals surface area contributed by atoms with Crippen molar-refractivity contribution in [2.45, 2.75) is 12.5 Å². The van der Waals surface area contributed by atoms with Gasteiger partial charge in [0.1, 0.15) is 5.75 Å².